The number of carbonyl (C=O) groups is 2. The van der Waals surface area contributed by atoms with Crippen molar-refractivity contribution in [1.29, 1.82) is 0 Å². The van der Waals surface area contributed by atoms with Gasteiger partial charge in [-0.1, -0.05) is 39.0 Å². The van der Waals surface area contributed by atoms with E-state index in [4.69, 9.17) is 5.11 Å². The molecule has 1 aromatic heterocycles. The van der Waals surface area contributed by atoms with E-state index in [2.05, 4.69) is 11.9 Å². The Morgan fingerprint density at radius 3 is 2.55 bits per heavy atom. The number of rotatable bonds is 5. The predicted molar refractivity (Wildman–Crippen MR) is 78.0 cm³/mol. The van der Waals surface area contributed by atoms with Crippen LogP contribution in [-0.2, 0) is 11.2 Å². The molecule has 0 aliphatic heterocycles. The van der Waals surface area contributed by atoms with Crippen molar-refractivity contribution in [3.05, 3.63) is 35.5 Å². The number of ketones is 1. The molecule has 2 aromatic rings. The first-order chi connectivity index (χ1) is 9.47. The number of carbonyl (C=O) groups excluding carboxylic acids is 1. The monoisotopic (exact) mass is 273 g/mol. The zero-order chi connectivity index (χ0) is 14.9. The van der Waals surface area contributed by atoms with E-state index < -0.39 is 17.8 Å². The Labute approximate surface area is 117 Å². The van der Waals surface area contributed by atoms with Gasteiger partial charge in [0.05, 0.1) is 5.92 Å². The lowest BCUT2D eigenvalue weighted by Crippen LogP contribution is -2.25. The van der Waals surface area contributed by atoms with Gasteiger partial charge in [0.1, 0.15) is 0 Å². The van der Waals surface area contributed by atoms with E-state index in [1.807, 2.05) is 18.2 Å². The van der Waals surface area contributed by atoms with Crippen LogP contribution in [-0.4, -0.2) is 21.8 Å². The minimum absolute atomic E-state index is 0.126. The molecular formula is C16H19NO3. The Morgan fingerprint density at radius 1 is 1.25 bits per heavy atom. The zero-order valence-corrected chi connectivity index (χ0v) is 11.9. The Balaban J connectivity index is 2.43. The summed E-state index contributed by atoms with van der Waals surface area (Å²) in [6.45, 7) is 5.30. The van der Waals surface area contributed by atoms with Gasteiger partial charge < -0.3 is 10.1 Å². The number of aromatic amines is 1. The molecule has 2 unspecified atom stereocenters. The van der Waals surface area contributed by atoms with Crippen molar-refractivity contribution in [2.45, 2.75) is 27.2 Å². The molecular weight excluding hydrogens is 254 g/mol. The molecule has 1 aromatic carbocycles. The second-order valence-electron chi connectivity index (χ2n) is 5.18. The summed E-state index contributed by atoms with van der Waals surface area (Å²) in [6.07, 6.45) is 2.57. The van der Waals surface area contributed by atoms with Crippen molar-refractivity contribution >= 4 is 22.7 Å². The molecule has 20 heavy (non-hydrogen) atoms. The molecule has 0 fully saturated rings. The van der Waals surface area contributed by atoms with E-state index in [1.165, 1.54) is 0 Å². The fraction of sp³-hybridized carbons (Fsp3) is 0.375. The Morgan fingerprint density at radius 2 is 1.95 bits per heavy atom. The van der Waals surface area contributed by atoms with E-state index in [9.17, 15) is 9.59 Å². The smallest absolute Gasteiger partial charge is 0.306 e. The number of aryl methyl sites for hydroxylation is 1. The number of carboxylic acids is 1. The van der Waals surface area contributed by atoms with Gasteiger partial charge in [0.2, 0.25) is 0 Å². The highest BCUT2D eigenvalue weighted by Gasteiger charge is 2.28. The van der Waals surface area contributed by atoms with Gasteiger partial charge in [-0.05, 0) is 12.0 Å². The summed E-state index contributed by atoms with van der Waals surface area (Å²) in [6, 6.07) is 5.85. The highest BCUT2D eigenvalue weighted by Crippen LogP contribution is 2.26. The molecule has 0 bridgehead atoms. The molecule has 0 amide bonds. The summed E-state index contributed by atoms with van der Waals surface area (Å²) in [5, 5.41) is 9.91. The number of benzene rings is 1. The van der Waals surface area contributed by atoms with Crippen molar-refractivity contribution < 1.29 is 14.7 Å². The highest BCUT2D eigenvalue weighted by molar-refractivity contribution is 6.10. The molecule has 2 atom stereocenters. The molecule has 0 saturated carbocycles. The molecule has 106 valence electrons. The van der Waals surface area contributed by atoms with Crippen LogP contribution in [0.4, 0.5) is 0 Å². The first kappa shape index (κ1) is 14.3. The second kappa shape index (κ2) is 5.49. The van der Waals surface area contributed by atoms with Gasteiger partial charge in [0, 0.05) is 28.6 Å². The minimum Gasteiger partial charge on any atom is -0.481 e. The van der Waals surface area contributed by atoms with Crippen molar-refractivity contribution in [3.63, 3.8) is 0 Å². The average molecular weight is 273 g/mol. The van der Waals surface area contributed by atoms with E-state index in [1.54, 1.807) is 20.0 Å². The summed E-state index contributed by atoms with van der Waals surface area (Å²) in [5.74, 6) is -2.31. The van der Waals surface area contributed by atoms with Gasteiger partial charge in [0.25, 0.3) is 0 Å². The number of nitrogens with one attached hydrogen (secondary N) is 1. The van der Waals surface area contributed by atoms with Crippen LogP contribution in [0.5, 0.6) is 0 Å². The summed E-state index contributed by atoms with van der Waals surface area (Å²) < 4.78 is 0. The Kier molecular flexibility index (Phi) is 3.93. The molecule has 2 N–H and O–H groups in total. The maximum atomic E-state index is 12.5. The van der Waals surface area contributed by atoms with Crippen molar-refractivity contribution in [2.75, 3.05) is 0 Å². The molecule has 1 heterocycles. The van der Waals surface area contributed by atoms with E-state index in [0.29, 0.717) is 5.56 Å². The Hall–Kier alpha value is -2.10. The van der Waals surface area contributed by atoms with Crippen molar-refractivity contribution in [1.82, 2.24) is 4.98 Å². The van der Waals surface area contributed by atoms with Gasteiger partial charge in [-0.25, -0.2) is 0 Å². The summed E-state index contributed by atoms with van der Waals surface area (Å²) in [4.78, 5) is 26.6. The SMILES string of the molecule is CCc1cccc2c(C(=O)C(C)C(C)C(=O)O)c[nH]c12. The van der Waals surface area contributed by atoms with Crippen LogP contribution in [0.25, 0.3) is 10.9 Å². The van der Waals surface area contributed by atoms with Crippen LogP contribution in [0.1, 0.15) is 36.7 Å². The predicted octanol–water partition coefficient (Wildman–Crippen LogP) is 3.27. The van der Waals surface area contributed by atoms with Crippen LogP contribution in [0.3, 0.4) is 0 Å². The van der Waals surface area contributed by atoms with Gasteiger partial charge in [-0.15, -0.1) is 0 Å². The number of aliphatic carboxylic acids is 1. The van der Waals surface area contributed by atoms with Gasteiger partial charge in [-0.3, -0.25) is 9.59 Å². The van der Waals surface area contributed by atoms with Crippen LogP contribution < -0.4 is 0 Å². The number of aromatic nitrogens is 1. The minimum atomic E-state index is -0.945. The molecule has 0 aliphatic rings. The molecule has 0 saturated heterocycles. The lowest BCUT2D eigenvalue weighted by Gasteiger charge is -2.14. The Bertz CT molecular complexity index is 657. The van der Waals surface area contributed by atoms with Crippen LogP contribution in [0.2, 0.25) is 0 Å². The van der Waals surface area contributed by atoms with Gasteiger partial charge in [0.15, 0.2) is 5.78 Å². The third-order valence-electron chi connectivity index (χ3n) is 4.00. The fourth-order valence-corrected chi connectivity index (χ4v) is 2.40. The van der Waals surface area contributed by atoms with E-state index >= 15 is 0 Å². The number of carboxylic acid groups (broad SMARTS) is 1. The number of fused-ring (bicyclic) bond motifs is 1. The largest absolute Gasteiger partial charge is 0.481 e. The summed E-state index contributed by atoms with van der Waals surface area (Å²) >= 11 is 0. The summed E-state index contributed by atoms with van der Waals surface area (Å²) in [5.41, 5.74) is 2.70. The van der Waals surface area contributed by atoms with Crippen LogP contribution in [0, 0.1) is 11.8 Å². The normalized spacial score (nSPS) is 14.2. The van der Waals surface area contributed by atoms with Gasteiger partial charge >= 0.3 is 5.97 Å². The molecule has 4 heteroatoms. The number of Topliss-reactive ketones (excluding diaryl/α,β-unsaturated/α-hetero) is 1. The zero-order valence-electron chi connectivity index (χ0n) is 11.9. The summed E-state index contributed by atoms with van der Waals surface area (Å²) in [7, 11) is 0. The lowest BCUT2D eigenvalue weighted by molar-refractivity contribution is -0.142. The van der Waals surface area contributed by atoms with Crippen molar-refractivity contribution in [2.24, 2.45) is 11.8 Å². The quantitative estimate of drug-likeness (QED) is 0.821. The lowest BCUT2D eigenvalue weighted by atomic mass is 9.88. The van der Waals surface area contributed by atoms with Crippen LogP contribution >= 0.6 is 0 Å². The number of H-pyrrole nitrogens is 1. The topological polar surface area (TPSA) is 70.2 Å². The number of para-hydroxylation sites is 1. The maximum Gasteiger partial charge on any atom is 0.306 e. The molecule has 4 nitrogen and oxygen atoms in total. The van der Waals surface area contributed by atoms with Gasteiger partial charge in [-0.2, -0.15) is 0 Å². The fourth-order valence-electron chi connectivity index (χ4n) is 2.40. The number of hydrogen-bond acceptors (Lipinski definition) is 2. The third-order valence-corrected chi connectivity index (χ3v) is 4.00. The molecule has 0 radical (unpaired) electrons. The second-order valence-corrected chi connectivity index (χ2v) is 5.18. The first-order valence-electron chi connectivity index (χ1n) is 6.83. The highest BCUT2D eigenvalue weighted by atomic mass is 16.4. The van der Waals surface area contributed by atoms with Crippen LogP contribution in [0.15, 0.2) is 24.4 Å². The van der Waals surface area contributed by atoms with Crippen molar-refractivity contribution in [3.8, 4) is 0 Å². The average Bonchev–Trinajstić information content (AvgIpc) is 2.88. The molecule has 0 spiro atoms. The number of hydrogen-bond donors (Lipinski definition) is 2. The maximum absolute atomic E-state index is 12.5. The molecule has 2 rings (SSSR count). The third kappa shape index (κ3) is 2.33. The molecule has 0 aliphatic carbocycles. The standard InChI is InChI=1S/C16H19NO3/c1-4-11-6-5-7-12-13(8-17-14(11)12)15(18)9(2)10(3)16(19)20/h5-10,17H,4H2,1-3H3,(H,19,20). The first-order valence-corrected chi connectivity index (χ1v) is 6.83. The van der Waals surface area contributed by atoms with E-state index in [-0.39, 0.29) is 5.78 Å². The van der Waals surface area contributed by atoms with E-state index in [0.717, 1.165) is 22.9 Å².